The van der Waals surface area contributed by atoms with Crippen molar-refractivity contribution < 1.29 is 0 Å². The van der Waals surface area contributed by atoms with Crippen molar-refractivity contribution in [1.82, 2.24) is 0 Å². The highest BCUT2D eigenvalue weighted by atomic mass is 14.6. The molecule has 3 aliphatic carbocycles. The van der Waals surface area contributed by atoms with Gasteiger partial charge in [0, 0.05) is 0 Å². The lowest BCUT2D eigenvalue weighted by molar-refractivity contribution is -0.0626. The second kappa shape index (κ2) is 9.43. The fraction of sp³-hybridized carbons (Fsp3) is 1.00. The van der Waals surface area contributed by atoms with Crippen molar-refractivity contribution in [2.24, 2.45) is 46.3 Å². The molecule has 0 spiro atoms. The monoisotopic (exact) mass is 388 g/mol. The SMILES string of the molecule is CCCC1C(C2(C)CCCCC2)CCC2(C)C(C(C)CCCC(C)C)CCC12. The minimum absolute atomic E-state index is 0.651. The molecule has 0 heterocycles. The normalized spacial score (nSPS) is 39.1. The zero-order valence-corrected chi connectivity index (χ0v) is 20.4. The molecule has 3 fully saturated rings. The van der Waals surface area contributed by atoms with E-state index in [-0.39, 0.29) is 0 Å². The Morgan fingerprint density at radius 2 is 1.54 bits per heavy atom. The van der Waals surface area contributed by atoms with Crippen molar-refractivity contribution in [3.8, 4) is 0 Å². The number of hydrogen-bond acceptors (Lipinski definition) is 0. The van der Waals surface area contributed by atoms with E-state index in [1.807, 2.05) is 0 Å². The smallest absolute Gasteiger partial charge is 0.0264 e. The van der Waals surface area contributed by atoms with Crippen LogP contribution in [0.3, 0.4) is 0 Å². The van der Waals surface area contributed by atoms with Crippen LogP contribution in [0.15, 0.2) is 0 Å². The molecule has 3 rings (SSSR count). The Morgan fingerprint density at radius 1 is 0.821 bits per heavy atom. The zero-order chi connectivity index (χ0) is 20.4. The van der Waals surface area contributed by atoms with E-state index in [0.29, 0.717) is 10.8 Å². The van der Waals surface area contributed by atoms with Crippen LogP contribution in [0.25, 0.3) is 0 Å². The number of rotatable bonds is 8. The summed E-state index contributed by atoms with van der Waals surface area (Å²) in [6, 6.07) is 0. The van der Waals surface area contributed by atoms with Crippen molar-refractivity contribution >= 4 is 0 Å². The fourth-order valence-corrected chi connectivity index (χ4v) is 8.64. The van der Waals surface area contributed by atoms with Crippen molar-refractivity contribution in [3.05, 3.63) is 0 Å². The second-order valence-corrected chi connectivity index (χ2v) is 12.4. The summed E-state index contributed by atoms with van der Waals surface area (Å²) in [6.07, 6.45) is 21.0. The zero-order valence-electron chi connectivity index (χ0n) is 20.4. The van der Waals surface area contributed by atoms with Gasteiger partial charge in [-0.15, -0.1) is 0 Å². The molecule has 28 heavy (non-hydrogen) atoms. The number of fused-ring (bicyclic) bond motifs is 1. The highest BCUT2D eigenvalue weighted by Crippen LogP contribution is 2.65. The minimum Gasteiger partial charge on any atom is -0.0654 e. The first-order valence-corrected chi connectivity index (χ1v) is 13.3. The summed E-state index contributed by atoms with van der Waals surface area (Å²) in [7, 11) is 0. The van der Waals surface area contributed by atoms with Crippen LogP contribution in [0.4, 0.5) is 0 Å². The average Bonchev–Trinajstić information content (AvgIpc) is 3.00. The fourth-order valence-electron chi connectivity index (χ4n) is 8.64. The first kappa shape index (κ1) is 22.7. The Bertz CT molecular complexity index is 470. The Hall–Kier alpha value is 0. The second-order valence-electron chi connectivity index (χ2n) is 12.4. The molecule has 0 heteroatoms. The summed E-state index contributed by atoms with van der Waals surface area (Å²) in [5.74, 6) is 5.91. The molecule has 0 nitrogen and oxygen atoms in total. The van der Waals surface area contributed by atoms with Gasteiger partial charge in [0.2, 0.25) is 0 Å². The van der Waals surface area contributed by atoms with Gasteiger partial charge in [-0.3, -0.25) is 0 Å². The molecule has 0 saturated heterocycles. The molecular formula is C28H52. The number of hydrogen-bond donors (Lipinski definition) is 0. The van der Waals surface area contributed by atoms with Gasteiger partial charge in [0.1, 0.15) is 0 Å². The topological polar surface area (TPSA) is 0 Å². The van der Waals surface area contributed by atoms with Gasteiger partial charge in [0.15, 0.2) is 0 Å². The summed E-state index contributed by atoms with van der Waals surface area (Å²) in [5.41, 5.74) is 1.32. The van der Waals surface area contributed by atoms with E-state index in [1.54, 1.807) is 12.8 Å². The molecule has 0 aromatic rings. The maximum atomic E-state index is 2.75. The Morgan fingerprint density at radius 3 is 2.18 bits per heavy atom. The van der Waals surface area contributed by atoms with Crippen molar-refractivity contribution in [2.45, 2.75) is 131 Å². The lowest BCUT2D eigenvalue weighted by Crippen LogP contribution is -2.47. The van der Waals surface area contributed by atoms with Crippen molar-refractivity contribution in [1.29, 1.82) is 0 Å². The molecule has 0 aliphatic heterocycles. The Balaban J connectivity index is 1.72. The third kappa shape index (κ3) is 4.51. The van der Waals surface area contributed by atoms with Gasteiger partial charge in [-0.2, -0.15) is 0 Å². The van der Waals surface area contributed by atoms with E-state index >= 15 is 0 Å². The molecule has 6 atom stereocenters. The minimum atomic E-state index is 0.651. The molecule has 3 saturated carbocycles. The molecule has 0 aromatic heterocycles. The predicted molar refractivity (Wildman–Crippen MR) is 124 cm³/mol. The van der Waals surface area contributed by atoms with Crippen LogP contribution in [0, 0.1) is 46.3 Å². The van der Waals surface area contributed by atoms with Gasteiger partial charge in [-0.05, 0) is 84.9 Å². The van der Waals surface area contributed by atoms with Crippen LogP contribution in [0.1, 0.15) is 131 Å². The Labute approximate surface area is 178 Å². The van der Waals surface area contributed by atoms with Crippen molar-refractivity contribution in [3.63, 3.8) is 0 Å². The first-order valence-electron chi connectivity index (χ1n) is 13.3. The van der Waals surface area contributed by atoms with Gasteiger partial charge < -0.3 is 0 Å². The van der Waals surface area contributed by atoms with Crippen LogP contribution in [0.2, 0.25) is 0 Å². The molecule has 164 valence electrons. The molecule has 0 amide bonds. The van der Waals surface area contributed by atoms with Gasteiger partial charge in [0.25, 0.3) is 0 Å². The maximum absolute atomic E-state index is 2.75. The highest BCUT2D eigenvalue weighted by Gasteiger charge is 2.56. The van der Waals surface area contributed by atoms with Gasteiger partial charge in [0.05, 0.1) is 0 Å². The van der Waals surface area contributed by atoms with E-state index in [2.05, 4.69) is 41.5 Å². The van der Waals surface area contributed by atoms with E-state index in [1.165, 1.54) is 77.0 Å². The quantitative estimate of drug-likeness (QED) is 0.388. The molecule has 0 bridgehead atoms. The molecule has 6 unspecified atom stereocenters. The van der Waals surface area contributed by atoms with Crippen LogP contribution in [-0.2, 0) is 0 Å². The largest absolute Gasteiger partial charge is 0.0654 e. The average molecular weight is 389 g/mol. The third-order valence-corrected chi connectivity index (χ3v) is 10.2. The highest BCUT2D eigenvalue weighted by molar-refractivity contribution is 5.06. The van der Waals surface area contributed by atoms with E-state index in [9.17, 15) is 0 Å². The molecule has 0 radical (unpaired) electrons. The summed E-state index contributed by atoms with van der Waals surface area (Å²) in [4.78, 5) is 0. The summed E-state index contributed by atoms with van der Waals surface area (Å²) < 4.78 is 0. The summed E-state index contributed by atoms with van der Waals surface area (Å²) in [5, 5.41) is 0. The standard InChI is InChI=1S/C28H52/c1-7-12-23-25(27(5)18-9-8-10-19-27)17-20-28(6)24(15-16-26(23)28)22(4)14-11-13-21(2)3/h21-26H,7-20H2,1-6H3. The molecule has 0 aromatic carbocycles. The van der Waals surface area contributed by atoms with Crippen LogP contribution >= 0.6 is 0 Å². The Kier molecular flexibility index (Phi) is 7.64. The van der Waals surface area contributed by atoms with E-state index < -0.39 is 0 Å². The van der Waals surface area contributed by atoms with Crippen LogP contribution < -0.4 is 0 Å². The first-order chi connectivity index (χ1) is 13.3. The lowest BCUT2D eigenvalue weighted by atomic mass is 9.49. The van der Waals surface area contributed by atoms with Crippen LogP contribution in [-0.4, -0.2) is 0 Å². The van der Waals surface area contributed by atoms with Gasteiger partial charge >= 0.3 is 0 Å². The van der Waals surface area contributed by atoms with Gasteiger partial charge in [-0.1, -0.05) is 92.9 Å². The van der Waals surface area contributed by atoms with Crippen LogP contribution in [0.5, 0.6) is 0 Å². The summed E-state index contributed by atoms with van der Waals surface area (Å²) >= 11 is 0. The van der Waals surface area contributed by atoms with Gasteiger partial charge in [-0.25, -0.2) is 0 Å². The predicted octanol–water partition coefficient (Wildman–Crippen LogP) is 9.28. The third-order valence-electron chi connectivity index (χ3n) is 10.2. The van der Waals surface area contributed by atoms with E-state index in [0.717, 1.165) is 35.5 Å². The van der Waals surface area contributed by atoms with E-state index in [4.69, 9.17) is 0 Å². The molecule has 3 aliphatic rings. The lowest BCUT2D eigenvalue weighted by Gasteiger charge is -2.55. The van der Waals surface area contributed by atoms with Crippen molar-refractivity contribution in [2.75, 3.05) is 0 Å². The summed E-state index contributed by atoms with van der Waals surface area (Å²) in [6.45, 7) is 15.3. The maximum Gasteiger partial charge on any atom is -0.0264 e. The molecular weight excluding hydrogens is 336 g/mol. The molecule has 0 N–H and O–H groups in total.